The highest BCUT2D eigenvalue weighted by Crippen LogP contribution is 2.34. The van der Waals surface area contributed by atoms with Gasteiger partial charge in [0.2, 0.25) is 5.89 Å². The van der Waals surface area contributed by atoms with Crippen molar-refractivity contribution in [1.82, 2.24) is 14.5 Å². The summed E-state index contributed by atoms with van der Waals surface area (Å²) in [5.74, 6) is 0.233. The SMILES string of the molecule is FC(F)(F)c1ccc2oc(-c3ccncc3-n3ccc(Br)c3)nc2c1. The van der Waals surface area contributed by atoms with Gasteiger partial charge in [0.15, 0.2) is 5.58 Å². The molecule has 1 aromatic carbocycles. The number of hydrogen-bond donors (Lipinski definition) is 0. The van der Waals surface area contributed by atoms with E-state index in [0.717, 1.165) is 16.6 Å². The third-order valence-corrected chi connectivity index (χ3v) is 4.15. The summed E-state index contributed by atoms with van der Waals surface area (Å²) in [6.45, 7) is 0. The molecule has 0 N–H and O–H groups in total. The molecule has 0 aliphatic rings. The van der Waals surface area contributed by atoms with Crippen LogP contribution in [0, 0.1) is 0 Å². The molecule has 4 aromatic rings. The molecule has 0 bridgehead atoms. The first-order valence-electron chi connectivity index (χ1n) is 7.18. The van der Waals surface area contributed by atoms with Crippen LogP contribution in [0.15, 0.2) is 64.0 Å². The van der Waals surface area contributed by atoms with Crippen molar-refractivity contribution >= 4 is 27.0 Å². The zero-order chi connectivity index (χ0) is 17.6. The Balaban J connectivity index is 1.85. The molecule has 0 aliphatic heterocycles. The first-order chi connectivity index (χ1) is 11.9. The molecule has 126 valence electrons. The minimum atomic E-state index is -4.42. The quantitative estimate of drug-likeness (QED) is 0.442. The number of fused-ring (bicyclic) bond motifs is 1. The lowest BCUT2D eigenvalue weighted by Gasteiger charge is -2.06. The number of aromatic nitrogens is 3. The molecule has 25 heavy (non-hydrogen) atoms. The van der Waals surface area contributed by atoms with Crippen molar-refractivity contribution in [3.05, 3.63) is 65.2 Å². The van der Waals surface area contributed by atoms with E-state index in [1.54, 1.807) is 18.5 Å². The number of oxazole rings is 1. The van der Waals surface area contributed by atoms with E-state index in [1.807, 2.05) is 23.0 Å². The molecule has 0 saturated heterocycles. The van der Waals surface area contributed by atoms with Crippen molar-refractivity contribution in [3.63, 3.8) is 0 Å². The monoisotopic (exact) mass is 407 g/mol. The van der Waals surface area contributed by atoms with E-state index in [0.29, 0.717) is 16.8 Å². The van der Waals surface area contributed by atoms with Crippen LogP contribution in [0.25, 0.3) is 28.2 Å². The zero-order valence-corrected chi connectivity index (χ0v) is 14.0. The summed E-state index contributed by atoms with van der Waals surface area (Å²) in [4.78, 5) is 8.33. The number of pyridine rings is 1. The normalized spacial score (nSPS) is 12.0. The first kappa shape index (κ1) is 15.9. The van der Waals surface area contributed by atoms with Gasteiger partial charge < -0.3 is 8.98 Å². The van der Waals surface area contributed by atoms with Gasteiger partial charge in [-0.05, 0) is 46.3 Å². The van der Waals surface area contributed by atoms with Gasteiger partial charge in [-0.15, -0.1) is 0 Å². The van der Waals surface area contributed by atoms with Gasteiger partial charge in [-0.1, -0.05) is 0 Å². The molecule has 8 heteroatoms. The molecule has 4 nitrogen and oxygen atoms in total. The molecular formula is C17H9BrF3N3O. The lowest BCUT2D eigenvalue weighted by molar-refractivity contribution is -0.137. The Labute approximate surface area is 148 Å². The third-order valence-electron chi connectivity index (χ3n) is 3.68. The summed E-state index contributed by atoms with van der Waals surface area (Å²) in [6, 6.07) is 6.81. The van der Waals surface area contributed by atoms with Crippen LogP contribution in [0.5, 0.6) is 0 Å². The van der Waals surface area contributed by atoms with Crippen molar-refractivity contribution in [2.75, 3.05) is 0 Å². The second kappa shape index (κ2) is 5.73. The van der Waals surface area contributed by atoms with Gasteiger partial charge in [0, 0.05) is 23.1 Å². The van der Waals surface area contributed by atoms with Crippen molar-refractivity contribution in [2.45, 2.75) is 6.18 Å². The van der Waals surface area contributed by atoms with Gasteiger partial charge in [-0.2, -0.15) is 13.2 Å². The highest BCUT2D eigenvalue weighted by Gasteiger charge is 2.31. The molecule has 0 aliphatic carbocycles. The molecule has 0 fully saturated rings. The lowest BCUT2D eigenvalue weighted by atomic mass is 10.2. The summed E-state index contributed by atoms with van der Waals surface area (Å²) < 4.78 is 46.9. The van der Waals surface area contributed by atoms with Gasteiger partial charge in [0.05, 0.1) is 23.0 Å². The predicted octanol–water partition coefficient (Wildman–Crippen LogP) is 5.46. The maximum absolute atomic E-state index is 12.9. The Morgan fingerprint density at radius 2 is 1.96 bits per heavy atom. The lowest BCUT2D eigenvalue weighted by Crippen LogP contribution is -2.03. The van der Waals surface area contributed by atoms with Crippen molar-refractivity contribution in [3.8, 4) is 17.1 Å². The second-order valence-electron chi connectivity index (χ2n) is 5.33. The molecule has 0 atom stereocenters. The summed E-state index contributed by atoms with van der Waals surface area (Å²) >= 11 is 3.38. The highest BCUT2D eigenvalue weighted by molar-refractivity contribution is 9.10. The molecule has 4 rings (SSSR count). The zero-order valence-electron chi connectivity index (χ0n) is 12.5. The molecule has 0 radical (unpaired) electrons. The predicted molar refractivity (Wildman–Crippen MR) is 89.3 cm³/mol. The Kier molecular flexibility index (Phi) is 3.64. The summed E-state index contributed by atoms with van der Waals surface area (Å²) in [5, 5.41) is 0. The standard InChI is InChI=1S/C17H9BrF3N3O/c18-11-4-6-24(9-11)14-8-22-5-3-12(14)16-23-13-7-10(17(19,20)21)1-2-15(13)25-16/h1-9H. The van der Waals surface area contributed by atoms with Gasteiger partial charge >= 0.3 is 6.18 Å². The second-order valence-corrected chi connectivity index (χ2v) is 6.24. The molecule has 3 aromatic heterocycles. The van der Waals surface area contributed by atoms with E-state index in [-0.39, 0.29) is 11.4 Å². The van der Waals surface area contributed by atoms with E-state index in [1.165, 1.54) is 6.07 Å². The minimum absolute atomic E-state index is 0.154. The van der Waals surface area contributed by atoms with Crippen LogP contribution >= 0.6 is 15.9 Å². The van der Waals surface area contributed by atoms with Crippen LogP contribution in [0.4, 0.5) is 13.2 Å². The number of halogens is 4. The number of alkyl halides is 3. The summed E-state index contributed by atoms with van der Waals surface area (Å²) in [5.41, 5.74) is 1.02. The van der Waals surface area contributed by atoms with E-state index in [2.05, 4.69) is 25.9 Å². The molecule has 3 heterocycles. The molecular weight excluding hydrogens is 399 g/mol. The van der Waals surface area contributed by atoms with Crippen molar-refractivity contribution in [2.24, 2.45) is 0 Å². The average molecular weight is 408 g/mol. The Morgan fingerprint density at radius 3 is 2.68 bits per heavy atom. The Morgan fingerprint density at radius 1 is 1.12 bits per heavy atom. The number of rotatable bonds is 2. The first-order valence-corrected chi connectivity index (χ1v) is 7.97. The van der Waals surface area contributed by atoms with Gasteiger partial charge in [0.25, 0.3) is 0 Å². The average Bonchev–Trinajstić information content (AvgIpc) is 3.19. The maximum atomic E-state index is 12.9. The highest BCUT2D eigenvalue weighted by atomic mass is 79.9. The van der Waals surface area contributed by atoms with Crippen LogP contribution in [-0.4, -0.2) is 14.5 Å². The fourth-order valence-corrected chi connectivity index (χ4v) is 2.85. The molecule has 0 saturated carbocycles. The van der Waals surface area contributed by atoms with Crippen molar-refractivity contribution < 1.29 is 17.6 Å². The van der Waals surface area contributed by atoms with Crippen LogP contribution in [0.2, 0.25) is 0 Å². The van der Waals surface area contributed by atoms with Crippen LogP contribution < -0.4 is 0 Å². The fourth-order valence-electron chi connectivity index (χ4n) is 2.51. The van der Waals surface area contributed by atoms with Crippen LogP contribution in [-0.2, 0) is 6.18 Å². The summed E-state index contributed by atoms with van der Waals surface area (Å²) in [7, 11) is 0. The van der Waals surface area contributed by atoms with E-state index < -0.39 is 11.7 Å². The maximum Gasteiger partial charge on any atom is 0.416 e. The number of nitrogens with zero attached hydrogens (tertiary/aromatic N) is 3. The third kappa shape index (κ3) is 2.93. The minimum Gasteiger partial charge on any atom is -0.436 e. The number of hydrogen-bond acceptors (Lipinski definition) is 3. The molecule has 0 amide bonds. The van der Waals surface area contributed by atoms with E-state index in [4.69, 9.17) is 4.42 Å². The topological polar surface area (TPSA) is 43.9 Å². The van der Waals surface area contributed by atoms with Crippen LogP contribution in [0.1, 0.15) is 5.56 Å². The largest absolute Gasteiger partial charge is 0.436 e. The smallest absolute Gasteiger partial charge is 0.416 e. The Bertz CT molecular complexity index is 1070. The van der Waals surface area contributed by atoms with Gasteiger partial charge in [-0.3, -0.25) is 4.98 Å². The van der Waals surface area contributed by atoms with Crippen molar-refractivity contribution in [1.29, 1.82) is 0 Å². The summed E-state index contributed by atoms with van der Waals surface area (Å²) in [6.07, 6.45) is 2.46. The van der Waals surface area contributed by atoms with Gasteiger partial charge in [-0.25, -0.2) is 4.98 Å². The van der Waals surface area contributed by atoms with Gasteiger partial charge in [0.1, 0.15) is 5.52 Å². The Hall–Kier alpha value is -2.61. The van der Waals surface area contributed by atoms with E-state index >= 15 is 0 Å². The van der Waals surface area contributed by atoms with E-state index in [9.17, 15) is 13.2 Å². The number of benzene rings is 1. The molecule has 0 unspecified atom stereocenters. The fraction of sp³-hybridized carbons (Fsp3) is 0.0588. The molecule has 0 spiro atoms. The van der Waals surface area contributed by atoms with Crippen LogP contribution in [0.3, 0.4) is 0 Å².